The monoisotopic (exact) mass is 198 g/mol. The van der Waals surface area contributed by atoms with E-state index >= 15 is 0 Å². The van der Waals surface area contributed by atoms with Gasteiger partial charge in [0.2, 0.25) is 12.3 Å². The van der Waals surface area contributed by atoms with Crippen LogP contribution in [0, 0.1) is 5.82 Å². The average molecular weight is 199 g/mol. The molecular formula is C8H4ClFN2O. The zero-order valence-corrected chi connectivity index (χ0v) is 7.12. The van der Waals surface area contributed by atoms with Crippen molar-refractivity contribution in [2.45, 2.75) is 0 Å². The number of nitrogens with zero attached hydrogens (tertiary/aromatic N) is 2. The summed E-state index contributed by atoms with van der Waals surface area (Å²) >= 11 is 5.57. The molecule has 66 valence electrons. The van der Waals surface area contributed by atoms with Crippen LogP contribution in [0.2, 0.25) is 5.02 Å². The summed E-state index contributed by atoms with van der Waals surface area (Å²) in [5.41, 5.74) is 0.252. The van der Waals surface area contributed by atoms with Crippen molar-refractivity contribution in [2.75, 3.05) is 0 Å². The van der Waals surface area contributed by atoms with Crippen molar-refractivity contribution in [1.29, 1.82) is 0 Å². The van der Waals surface area contributed by atoms with Crippen molar-refractivity contribution in [1.82, 2.24) is 10.2 Å². The Morgan fingerprint density at radius 3 is 2.85 bits per heavy atom. The van der Waals surface area contributed by atoms with Crippen molar-refractivity contribution in [2.24, 2.45) is 0 Å². The fraction of sp³-hybridized carbons (Fsp3) is 0. The van der Waals surface area contributed by atoms with E-state index in [2.05, 4.69) is 10.2 Å². The smallest absolute Gasteiger partial charge is 0.250 e. The van der Waals surface area contributed by atoms with Crippen LogP contribution in [-0.2, 0) is 0 Å². The summed E-state index contributed by atoms with van der Waals surface area (Å²) < 4.78 is 18.0. The van der Waals surface area contributed by atoms with Gasteiger partial charge < -0.3 is 4.42 Å². The highest BCUT2D eigenvalue weighted by Gasteiger charge is 2.09. The molecule has 3 nitrogen and oxygen atoms in total. The van der Waals surface area contributed by atoms with Crippen LogP contribution in [0.3, 0.4) is 0 Å². The molecule has 0 spiro atoms. The highest BCUT2D eigenvalue weighted by Crippen LogP contribution is 2.22. The highest BCUT2D eigenvalue weighted by atomic mass is 35.5. The first-order chi connectivity index (χ1) is 6.27. The largest absolute Gasteiger partial charge is 0.423 e. The van der Waals surface area contributed by atoms with Gasteiger partial charge in [-0.2, -0.15) is 0 Å². The molecule has 2 aromatic rings. The van der Waals surface area contributed by atoms with Gasteiger partial charge >= 0.3 is 0 Å². The summed E-state index contributed by atoms with van der Waals surface area (Å²) in [7, 11) is 0. The standard InChI is InChI=1S/C8H4ClFN2O/c9-5-1-2-6(7(10)3-5)8-12-11-4-13-8/h1-4H. The SMILES string of the molecule is Fc1cc(Cl)ccc1-c1nnco1. The highest BCUT2D eigenvalue weighted by molar-refractivity contribution is 6.30. The Morgan fingerprint density at radius 2 is 2.23 bits per heavy atom. The Balaban J connectivity index is 2.53. The van der Waals surface area contributed by atoms with Crippen LogP contribution >= 0.6 is 11.6 Å². The zero-order valence-electron chi connectivity index (χ0n) is 6.37. The van der Waals surface area contributed by atoms with Crippen LogP contribution in [0.4, 0.5) is 4.39 Å². The fourth-order valence-corrected chi connectivity index (χ4v) is 1.11. The number of hydrogen-bond donors (Lipinski definition) is 0. The van der Waals surface area contributed by atoms with Gasteiger partial charge in [-0.3, -0.25) is 0 Å². The van der Waals surface area contributed by atoms with E-state index in [-0.39, 0.29) is 11.5 Å². The molecule has 2 rings (SSSR count). The summed E-state index contributed by atoms with van der Waals surface area (Å²) in [6.45, 7) is 0. The summed E-state index contributed by atoms with van der Waals surface area (Å²) in [6.07, 6.45) is 1.14. The molecule has 1 aromatic heterocycles. The van der Waals surface area contributed by atoms with Gasteiger partial charge in [0, 0.05) is 5.02 Å². The lowest BCUT2D eigenvalue weighted by molar-refractivity contribution is 0.558. The van der Waals surface area contributed by atoms with E-state index in [1.54, 1.807) is 6.07 Å². The molecule has 0 aliphatic rings. The minimum atomic E-state index is -0.475. The molecule has 0 radical (unpaired) electrons. The first-order valence-corrected chi connectivity index (χ1v) is 3.87. The van der Waals surface area contributed by atoms with Crippen LogP contribution in [0.25, 0.3) is 11.5 Å². The van der Waals surface area contributed by atoms with Crippen molar-refractivity contribution in [3.05, 3.63) is 35.4 Å². The molecule has 13 heavy (non-hydrogen) atoms. The van der Waals surface area contributed by atoms with Crippen LogP contribution < -0.4 is 0 Å². The van der Waals surface area contributed by atoms with E-state index < -0.39 is 5.82 Å². The van der Waals surface area contributed by atoms with Crippen molar-refractivity contribution in [3.63, 3.8) is 0 Å². The predicted molar refractivity (Wildman–Crippen MR) is 44.7 cm³/mol. The van der Waals surface area contributed by atoms with Crippen LogP contribution in [0.15, 0.2) is 29.0 Å². The molecule has 0 saturated carbocycles. The average Bonchev–Trinajstić information content (AvgIpc) is 2.56. The molecule has 0 aliphatic heterocycles. The number of rotatable bonds is 1. The summed E-state index contributed by atoms with van der Waals surface area (Å²) in [4.78, 5) is 0. The van der Waals surface area contributed by atoms with E-state index in [4.69, 9.17) is 16.0 Å². The molecule has 0 fully saturated rings. The van der Waals surface area contributed by atoms with Gasteiger partial charge in [-0.15, -0.1) is 10.2 Å². The minimum absolute atomic E-state index is 0.147. The number of aromatic nitrogens is 2. The molecular weight excluding hydrogens is 195 g/mol. The summed E-state index contributed by atoms with van der Waals surface area (Å²) in [5.74, 6) is -0.328. The van der Waals surface area contributed by atoms with Gasteiger partial charge in [0.1, 0.15) is 5.82 Å². The third-order valence-corrected chi connectivity index (χ3v) is 1.76. The van der Waals surface area contributed by atoms with Crippen molar-refractivity contribution >= 4 is 11.6 Å². The predicted octanol–water partition coefficient (Wildman–Crippen LogP) is 2.53. The summed E-state index contributed by atoms with van der Waals surface area (Å²) in [6, 6.07) is 4.25. The lowest BCUT2D eigenvalue weighted by Gasteiger charge is -1.96. The molecule has 0 atom stereocenters. The van der Waals surface area contributed by atoms with Gasteiger partial charge in [-0.05, 0) is 18.2 Å². The Labute approximate surface area is 78.2 Å². The molecule has 0 unspecified atom stereocenters. The summed E-state index contributed by atoms with van der Waals surface area (Å²) in [5, 5.41) is 7.36. The maximum Gasteiger partial charge on any atom is 0.250 e. The van der Waals surface area contributed by atoms with Gasteiger partial charge in [0.15, 0.2) is 0 Å². The molecule has 0 amide bonds. The topological polar surface area (TPSA) is 38.9 Å². The van der Waals surface area contributed by atoms with Crippen molar-refractivity contribution < 1.29 is 8.81 Å². The third-order valence-electron chi connectivity index (χ3n) is 1.52. The van der Waals surface area contributed by atoms with Crippen LogP contribution in [0.5, 0.6) is 0 Å². The minimum Gasteiger partial charge on any atom is -0.423 e. The first kappa shape index (κ1) is 8.19. The second-order valence-corrected chi connectivity index (χ2v) is 2.80. The van der Waals surface area contributed by atoms with Gasteiger partial charge in [0.25, 0.3) is 0 Å². The van der Waals surface area contributed by atoms with Gasteiger partial charge in [-0.1, -0.05) is 11.6 Å². The van der Waals surface area contributed by atoms with E-state index in [9.17, 15) is 4.39 Å². The third kappa shape index (κ3) is 1.53. The Kier molecular flexibility index (Phi) is 1.98. The van der Waals surface area contributed by atoms with Gasteiger partial charge in [0.05, 0.1) is 5.56 Å². The zero-order chi connectivity index (χ0) is 9.26. The number of halogens is 2. The molecule has 5 heteroatoms. The Bertz CT molecular complexity index is 416. The molecule has 0 bridgehead atoms. The molecule has 0 saturated heterocycles. The Hall–Kier alpha value is -1.42. The first-order valence-electron chi connectivity index (χ1n) is 3.49. The molecule has 1 heterocycles. The maximum absolute atomic E-state index is 13.2. The van der Waals surface area contributed by atoms with Crippen molar-refractivity contribution in [3.8, 4) is 11.5 Å². The lowest BCUT2D eigenvalue weighted by Crippen LogP contribution is -1.84. The molecule has 0 N–H and O–H groups in total. The van der Waals surface area contributed by atoms with E-state index in [0.717, 1.165) is 6.39 Å². The quantitative estimate of drug-likeness (QED) is 0.707. The molecule has 1 aromatic carbocycles. The Morgan fingerprint density at radius 1 is 1.38 bits per heavy atom. The fourth-order valence-electron chi connectivity index (χ4n) is 0.953. The molecule has 0 aliphatic carbocycles. The second-order valence-electron chi connectivity index (χ2n) is 2.37. The maximum atomic E-state index is 13.2. The second kappa shape index (κ2) is 3.14. The van der Waals surface area contributed by atoms with Crippen LogP contribution in [0.1, 0.15) is 0 Å². The van der Waals surface area contributed by atoms with Gasteiger partial charge in [-0.25, -0.2) is 4.39 Å². The van der Waals surface area contributed by atoms with E-state index in [1.807, 2.05) is 0 Å². The normalized spacial score (nSPS) is 10.3. The van der Waals surface area contributed by atoms with E-state index in [0.29, 0.717) is 5.02 Å². The van der Waals surface area contributed by atoms with Crippen LogP contribution in [-0.4, -0.2) is 10.2 Å². The lowest BCUT2D eigenvalue weighted by atomic mass is 10.2. The van der Waals surface area contributed by atoms with E-state index in [1.165, 1.54) is 12.1 Å². The number of hydrogen-bond acceptors (Lipinski definition) is 3. The number of benzene rings is 1.